The molecule has 3 heterocycles. The molecule has 0 aromatic carbocycles. The van der Waals surface area contributed by atoms with Crippen LogP contribution in [-0.2, 0) is 20.8 Å². The first kappa shape index (κ1) is 16.4. The fraction of sp³-hybridized carbons (Fsp3) is 0.750. The highest BCUT2D eigenvalue weighted by atomic mass is 16.5. The van der Waals surface area contributed by atoms with Crippen LogP contribution in [0.1, 0.15) is 24.3 Å². The Hall–Kier alpha value is -1.44. The Morgan fingerprint density at radius 1 is 1.57 bits per heavy atom. The van der Waals surface area contributed by atoms with Gasteiger partial charge >= 0.3 is 0 Å². The van der Waals surface area contributed by atoms with Gasteiger partial charge in [0.1, 0.15) is 11.9 Å². The van der Waals surface area contributed by atoms with Gasteiger partial charge in [0, 0.05) is 32.8 Å². The number of ether oxygens (including phenoxy) is 2. The molecule has 0 spiro atoms. The van der Waals surface area contributed by atoms with E-state index in [4.69, 9.17) is 14.0 Å². The number of methoxy groups -OCH3 is 1. The summed E-state index contributed by atoms with van der Waals surface area (Å²) in [5.41, 5.74) is 0.952. The molecule has 3 rings (SSSR count). The van der Waals surface area contributed by atoms with Crippen LogP contribution in [0.15, 0.2) is 10.6 Å². The number of carbonyl (C=O) groups is 1. The fourth-order valence-electron chi connectivity index (χ4n) is 3.42. The summed E-state index contributed by atoms with van der Waals surface area (Å²) in [5, 5.41) is 6.91. The van der Waals surface area contributed by atoms with Crippen LogP contribution >= 0.6 is 0 Å². The van der Waals surface area contributed by atoms with Gasteiger partial charge in [-0.15, -0.1) is 0 Å². The van der Waals surface area contributed by atoms with Gasteiger partial charge in [-0.3, -0.25) is 9.69 Å². The fourth-order valence-corrected chi connectivity index (χ4v) is 3.42. The predicted octanol–water partition coefficient (Wildman–Crippen LogP) is 0.725. The van der Waals surface area contributed by atoms with Gasteiger partial charge in [0.15, 0.2) is 0 Å². The first-order valence-corrected chi connectivity index (χ1v) is 8.22. The minimum absolute atomic E-state index is 0.0184. The van der Waals surface area contributed by atoms with Crippen LogP contribution in [0.25, 0.3) is 0 Å². The summed E-state index contributed by atoms with van der Waals surface area (Å²) in [6.45, 7) is 5.58. The van der Waals surface area contributed by atoms with Crippen molar-refractivity contribution < 1.29 is 18.8 Å². The molecule has 7 heteroatoms. The zero-order valence-corrected chi connectivity index (χ0v) is 13.8. The third-order valence-electron chi connectivity index (χ3n) is 4.60. The smallest absolute Gasteiger partial charge is 0.249 e. The van der Waals surface area contributed by atoms with E-state index in [0.29, 0.717) is 19.1 Å². The van der Waals surface area contributed by atoms with Gasteiger partial charge in [0.05, 0.1) is 18.4 Å². The lowest BCUT2D eigenvalue weighted by molar-refractivity contribution is -0.133. The highest BCUT2D eigenvalue weighted by Gasteiger charge is 2.41. The molecular weight excluding hydrogens is 298 g/mol. The van der Waals surface area contributed by atoms with E-state index in [-0.39, 0.29) is 18.1 Å². The highest BCUT2D eigenvalue weighted by molar-refractivity contribution is 5.81. The van der Waals surface area contributed by atoms with Crippen LogP contribution in [-0.4, -0.2) is 61.5 Å². The summed E-state index contributed by atoms with van der Waals surface area (Å²) in [5.74, 6) is 1.29. The first-order valence-electron chi connectivity index (χ1n) is 8.22. The monoisotopic (exact) mass is 323 g/mol. The largest absolute Gasteiger partial charge is 0.383 e. The lowest BCUT2D eigenvalue weighted by Gasteiger charge is -2.33. The highest BCUT2D eigenvalue weighted by Crippen LogP contribution is 2.33. The molecule has 2 aliphatic rings. The standard InChI is InChI=1S/C16H25N3O4/c1-11-7-13(18-23-11)9-19-5-3-12-8-14(22-15(12)10-19)16(20)17-4-6-21-2/h7,12,14-15H,3-6,8-10H2,1-2H3,(H,17,20)/t12-,14-,15+/m1/s1. The summed E-state index contributed by atoms with van der Waals surface area (Å²) in [6, 6.07) is 1.97. The Morgan fingerprint density at radius 3 is 3.17 bits per heavy atom. The molecule has 0 bridgehead atoms. The topological polar surface area (TPSA) is 76.8 Å². The number of carbonyl (C=O) groups excluding carboxylic acids is 1. The average Bonchev–Trinajstić information content (AvgIpc) is 3.13. The van der Waals surface area contributed by atoms with E-state index >= 15 is 0 Å². The summed E-state index contributed by atoms with van der Waals surface area (Å²) >= 11 is 0. The Bertz CT molecular complexity index is 533. The molecule has 1 N–H and O–H groups in total. The van der Waals surface area contributed by atoms with Crippen LogP contribution in [0.5, 0.6) is 0 Å². The number of likely N-dealkylation sites (tertiary alicyclic amines) is 1. The Labute approximate surface area is 136 Å². The van der Waals surface area contributed by atoms with Gasteiger partial charge < -0.3 is 19.3 Å². The van der Waals surface area contributed by atoms with E-state index in [2.05, 4.69) is 15.4 Å². The van der Waals surface area contributed by atoms with Crippen molar-refractivity contribution >= 4 is 5.91 Å². The summed E-state index contributed by atoms with van der Waals surface area (Å²) in [6.07, 6.45) is 1.69. The maximum Gasteiger partial charge on any atom is 0.249 e. The number of nitrogens with one attached hydrogen (secondary N) is 1. The number of aromatic nitrogens is 1. The van der Waals surface area contributed by atoms with Crippen molar-refractivity contribution in [3.63, 3.8) is 0 Å². The van der Waals surface area contributed by atoms with Gasteiger partial charge in [-0.25, -0.2) is 0 Å². The lowest BCUT2D eigenvalue weighted by Crippen LogP contribution is -2.42. The van der Waals surface area contributed by atoms with Gasteiger partial charge in [0.2, 0.25) is 5.91 Å². The normalized spacial score (nSPS) is 27.8. The molecule has 3 atom stereocenters. The molecule has 0 radical (unpaired) electrons. The minimum Gasteiger partial charge on any atom is -0.383 e. The molecule has 128 valence electrons. The van der Waals surface area contributed by atoms with Crippen molar-refractivity contribution in [2.24, 2.45) is 5.92 Å². The van der Waals surface area contributed by atoms with Crippen LogP contribution in [0.4, 0.5) is 0 Å². The van der Waals surface area contributed by atoms with E-state index in [1.807, 2.05) is 13.0 Å². The van der Waals surface area contributed by atoms with Crippen LogP contribution in [0.2, 0.25) is 0 Å². The lowest BCUT2D eigenvalue weighted by atomic mass is 9.91. The molecule has 1 aromatic rings. The Morgan fingerprint density at radius 2 is 2.43 bits per heavy atom. The van der Waals surface area contributed by atoms with Crippen molar-refractivity contribution in [1.82, 2.24) is 15.4 Å². The molecule has 23 heavy (non-hydrogen) atoms. The van der Waals surface area contributed by atoms with Crippen molar-refractivity contribution in [3.8, 4) is 0 Å². The third-order valence-corrected chi connectivity index (χ3v) is 4.60. The van der Waals surface area contributed by atoms with Gasteiger partial charge in [-0.1, -0.05) is 5.16 Å². The number of piperidine rings is 1. The van der Waals surface area contributed by atoms with Crippen molar-refractivity contribution in [2.45, 2.75) is 38.5 Å². The quantitative estimate of drug-likeness (QED) is 0.778. The molecule has 7 nitrogen and oxygen atoms in total. The van der Waals surface area contributed by atoms with E-state index < -0.39 is 0 Å². The van der Waals surface area contributed by atoms with Crippen LogP contribution in [0, 0.1) is 12.8 Å². The number of rotatable bonds is 6. The maximum atomic E-state index is 12.1. The second kappa shape index (κ2) is 7.42. The molecule has 2 aliphatic heterocycles. The second-order valence-electron chi connectivity index (χ2n) is 6.40. The van der Waals surface area contributed by atoms with Gasteiger partial charge in [0.25, 0.3) is 0 Å². The van der Waals surface area contributed by atoms with E-state index in [1.54, 1.807) is 7.11 Å². The summed E-state index contributed by atoms with van der Waals surface area (Å²) in [4.78, 5) is 14.4. The van der Waals surface area contributed by atoms with E-state index in [0.717, 1.165) is 43.9 Å². The zero-order chi connectivity index (χ0) is 16.2. The molecule has 0 saturated carbocycles. The molecule has 1 amide bonds. The number of nitrogens with zero attached hydrogens (tertiary/aromatic N) is 2. The molecular formula is C16H25N3O4. The van der Waals surface area contributed by atoms with E-state index in [9.17, 15) is 4.79 Å². The number of hydrogen-bond donors (Lipinski definition) is 1. The van der Waals surface area contributed by atoms with Crippen LogP contribution < -0.4 is 5.32 Å². The second-order valence-corrected chi connectivity index (χ2v) is 6.40. The molecule has 0 aliphatic carbocycles. The summed E-state index contributed by atoms with van der Waals surface area (Å²) in [7, 11) is 1.62. The average molecular weight is 323 g/mol. The molecule has 0 unspecified atom stereocenters. The first-order chi connectivity index (χ1) is 11.2. The maximum absolute atomic E-state index is 12.1. The number of hydrogen-bond acceptors (Lipinski definition) is 6. The molecule has 2 fully saturated rings. The number of amides is 1. The number of aryl methyl sites for hydroxylation is 1. The van der Waals surface area contributed by atoms with E-state index in [1.165, 1.54) is 0 Å². The third kappa shape index (κ3) is 4.10. The predicted molar refractivity (Wildman–Crippen MR) is 82.8 cm³/mol. The number of fused-ring (bicyclic) bond motifs is 1. The van der Waals surface area contributed by atoms with Crippen LogP contribution in [0.3, 0.4) is 0 Å². The van der Waals surface area contributed by atoms with Crippen molar-refractivity contribution in [1.29, 1.82) is 0 Å². The van der Waals surface area contributed by atoms with Crippen molar-refractivity contribution in [2.75, 3.05) is 33.4 Å². The zero-order valence-electron chi connectivity index (χ0n) is 13.8. The molecule has 1 aromatic heterocycles. The van der Waals surface area contributed by atoms with Gasteiger partial charge in [-0.2, -0.15) is 0 Å². The van der Waals surface area contributed by atoms with Gasteiger partial charge in [-0.05, 0) is 32.2 Å². The van der Waals surface area contributed by atoms with Crippen molar-refractivity contribution in [3.05, 3.63) is 17.5 Å². The minimum atomic E-state index is -0.323. The molecule has 2 saturated heterocycles. The summed E-state index contributed by atoms with van der Waals surface area (Å²) < 4.78 is 16.1. The Balaban J connectivity index is 1.48. The SMILES string of the molecule is COCCNC(=O)[C@H]1C[C@H]2CCN(Cc3cc(C)on3)C[C@@H]2O1. The Kier molecular flexibility index (Phi) is 5.30.